The molecule has 0 aliphatic heterocycles. The van der Waals surface area contributed by atoms with Crippen molar-refractivity contribution in [1.29, 1.82) is 0 Å². The van der Waals surface area contributed by atoms with Crippen molar-refractivity contribution in [2.45, 2.75) is 32.6 Å². The topological polar surface area (TPSA) is 58.6 Å². The summed E-state index contributed by atoms with van der Waals surface area (Å²) in [5.74, 6) is -0.238. The fourth-order valence-corrected chi connectivity index (χ4v) is 2.49. The fourth-order valence-electron chi connectivity index (χ4n) is 2.49. The number of carbonyl (C=O) groups is 1. The number of nitrogens with one attached hydrogen (secondary N) is 1. The largest absolute Gasteiger partial charge is 0.497 e. The average molecular weight is 263 g/mol. The lowest BCUT2D eigenvalue weighted by Crippen LogP contribution is -2.17. The molecule has 2 N–H and O–H groups in total. The van der Waals surface area contributed by atoms with E-state index in [1.165, 1.54) is 25.7 Å². The normalized spacial score (nSPS) is 15.9. The van der Waals surface area contributed by atoms with Gasteiger partial charge in [-0.3, -0.25) is 0 Å². The minimum absolute atomic E-state index is 0.299. The molecule has 104 valence electrons. The number of anilines is 1. The molecule has 19 heavy (non-hydrogen) atoms. The second kappa shape index (κ2) is 5.51. The van der Waals surface area contributed by atoms with E-state index >= 15 is 0 Å². The van der Waals surface area contributed by atoms with Crippen LogP contribution in [0.25, 0.3) is 0 Å². The first-order valence-electron chi connectivity index (χ1n) is 6.75. The predicted octanol–water partition coefficient (Wildman–Crippen LogP) is 3.39. The van der Waals surface area contributed by atoms with E-state index in [-0.39, 0.29) is 0 Å². The summed E-state index contributed by atoms with van der Waals surface area (Å²) in [6, 6.07) is 5.02. The van der Waals surface area contributed by atoms with Gasteiger partial charge in [0, 0.05) is 12.6 Å². The van der Waals surface area contributed by atoms with Gasteiger partial charge in [-0.25, -0.2) is 4.79 Å². The van der Waals surface area contributed by atoms with Crippen molar-refractivity contribution >= 4 is 11.7 Å². The number of aromatic carboxylic acids is 1. The van der Waals surface area contributed by atoms with Crippen molar-refractivity contribution < 1.29 is 14.6 Å². The Morgan fingerprint density at radius 3 is 2.74 bits per heavy atom. The van der Waals surface area contributed by atoms with E-state index in [1.807, 2.05) is 0 Å². The highest BCUT2D eigenvalue weighted by Gasteiger charge is 2.41. The minimum atomic E-state index is -0.912. The molecule has 2 rings (SSSR count). The van der Waals surface area contributed by atoms with Crippen LogP contribution in [0.1, 0.15) is 43.0 Å². The molecular formula is C15H21NO3. The average Bonchev–Trinajstić information content (AvgIpc) is 3.16. The van der Waals surface area contributed by atoms with Crippen LogP contribution in [-0.2, 0) is 0 Å². The van der Waals surface area contributed by atoms with E-state index in [0.717, 1.165) is 6.54 Å². The number of ether oxygens (including phenoxy) is 1. The summed E-state index contributed by atoms with van der Waals surface area (Å²) in [4.78, 5) is 11.2. The van der Waals surface area contributed by atoms with Gasteiger partial charge in [0.05, 0.1) is 18.4 Å². The van der Waals surface area contributed by atoms with Gasteiger partial charge in [-0.1, -0.05) is 13.3 Å². The van der Waals surface area contributed by atoms with Crippen molar-refractivity contribution in [3.05, 3.63) is 23.8 Å². The molecule has 0 heterocycles. The number of carboxylic acids is 1. The lowest BCUT2D eigenvalue weighted by atomic mass is 10.0. The fraction of sp³-hybridized carbons (Fsp3) is 0.533. The molecular weight excluding hydrogens is 242 g/mol. The number of carboxylic acid groups (broad SMARTS) is 1. The maximum atomic E-state index is 11.2. The third kappa shape index (κ3) is 3.19. The highest BCUT2D eigenvalue weighted by Crippen LogP contribution is 2.49. The Morgan fingerprint density at radius 1 is 1.47 bits per heavy atom. The quantitative estimate of drug-likeness (QED) is 0.791. The summed E-state index contributed by atoms with van der Waals surface area (Å²) in [6.45, 7) is 3.03. The molecule has 0 bridgehead atoms. The van der Waals surface area contributed by atoms with Crippen LogP contribution in [0, 0.1) is 5.41 Å². The Bertz CT molecular complexity index is 466. The summed E-state index contributed by atoms with van der Waals surface area (Å²) in [5, 5.41) is 12.5. The summed E-state index contributed by atoms with van der Waals surface area (Å²) in [6.07, 6.45) is 4.85. The monoisotopic (exact) mass is 263 g/mol. The number of rotatable bonds is 7. The van der Waals surface area contributed by atoms with Gasteiger partial charge in [0.15, 0.2) is 0 Å². The van der Waals surface area contributed by atoms with Gasteiger partial charge < -0.3 is 15.2 Å². The summed E-state index contributed by atoms with van der Waals surface area (Å²) in [7, 11) is 1.58. The second-order valence-corrected chi connectivity index (χ2v) is 5.32. The van der Waals surface area contributed by atoms with Gasteiger partial charge in [-0.05, 0) is 36.8 Å². The van der Waals surface area contributed by atoms with Gasteiger partial charge in [0.2, 0.25) is 0 Å². The first kappa shape index (κ1) is 13.7. The molecule has 0 saturated heterocycles. The minimum Gasteiger partial charge on any atom is -0.497 e. The zero-order chi connectivity index (χ0) is 13.9. The number of hydrogen-bond donors (Lipinski definition) is 2. The highest BCUT2D eigenvalue weighted by molar-refractivity contribution is 5.94. The molecule has 1 aliphatic carbocycles. The van der Waals surface area contributed by atoms with Crippen LogP contribution in [0.2, 0.25) is 0 Å². The highest BCUT2D eigenvalue weighted by atomic mass is 16.5. The Hall–Kier alpha value is -1.71. The van der Waals surface area contributed by atoms with Crippen LogP contribution in [0.5, 0.6) is 5.75 Å². The number of methoxy groups -OCH3 is 1. The van der Waals surface area contributed by atoms with E-state index in [0.29, 0.717) is 22.4 Å². The molecule has 1 aromatic rings. The van der Waals surface area contributed by atoms with Crippen molar-refractivity contribution in [3.63, 3.8) is 0 Å². The van der Waals surface area contributed by atoms with Gasteiger partial charge in [-0.2, -0.15) is 0 Å². The summed E-state index contributed by atoms with van der Waals surface area (Å²) < 4.78 is 5.15. The molecule has 0 radical (unpaired) electrons. The first-order valence-corrected chi connectivity index (χ1v) is 6.75. The van der Waals surface area contributed by atoms with Gasteiger partial charge in [0.1, 0.15) is 5.75 Å². The van der Waals surface area contributed by atoms with Crippen molar-refractivity contribution in [3.8, 4) is 5.75 Å². The van der Waals surface area contributed by atoms with E-state index < -0.39 is 5.97 Å². The molecule has 0 atom stereocenters. The molecule has 0 unspecified atom stereocenters. The van der Waals surface area contributed by atoms with Crippen LogP contribution in [0.3, 0.4) is 0 Å². The van der Waals surface area contributed by atoms with Crippen LogP contribution < -0.4 is 10.1 Å². The van der Waals surface area contributed by atoms with Crippen molar-refractivity contribution in [2.75, 3.05) is 19.0 Å². The molecule has 4 heteroatoms. The predicted molar refractivity (Wildman–Crippen MR) is 75.0 cm³/mol. The standard InChI is InChI=1S/C15H21NO3/c1-3-6-15(7-8-15)10-16-13-9-11(19-2)4-5-12(13)14(17)18/h4-5,9,16H,3,6-8,10H2,1-2H3,(H,17,18). The van der Waals surface area contributed by atoms with Gasteiger partial charge in [0.25, 0.3) is 0 Å². The van der Waals surface area contributed by atoms with Gasteiger partial charge >= 0.3 is 5.97 Å². The van der Waals surface area contributed by atoms with E-state index in [2.05, 4.69) is 12.2 Å². The SMILES string of the molecule is CCCC1(CNc2cc(OC)ccc2C(=O)O)CC1. The Kier molecular flexibility index (Phi) is 3.98. The van der Waals surface area contributed by atoms with Crippen LogP contribution in [0.4, 0.5) is 5.69 Å². The van der Waals surface area contributed by atoms with E-state index in [9.17, 15) is 9.90 Å². The maximum absolute atomic E-state index is 11.2. The zero-order valence-corrected chi connectivity index (χ0v) is 11.5. The van der Waals surface area contributed by atoms with Crippen LogP contribution >= 0.6 is 0 Å². The molecule has 0 aromatic heterocycles. The summed E-state index contributed by atoms with van der Waals surface area (Å²) >= 11 is 0. The Morgan fingerprint density at radius 2 is 2.21 bits per heavy atom. The first-order chi connectivity index (χ1) is 9.10. The van der Waals surface area contributed by atoms with Crippen LogP contribution in [0.15, 0.2) is 18.2 Å². The molecule has 1 saturated carbocycles. The number of benzene rings is 1. The van der Waals surface area contributed by atoms with Gasteiger partial charge in [-0.15, -0.1) is 0 Å². The van der Waals surface area contributed by atoms with Crippen molar-refractivity contribution in [2.24, 2.45) is 5.41 Å². The van der Waals surface area contributed by atoms with Crippen molar-refractivity contribution in [1.82, 2.24) is 0 Å². The van der Waals surface area contributed by atoms with Crippen LogP contribution in [-0.4, -0.2) is 24.7 Å². The number of hydrogen-bond acceptors (Lipinski definition) is 3. The maximum Gasteiger partial charge on any atom is 0.337 e. The second-order valence-electron chi connectivity index (χ2n) is 5.32. The third-order valence-corrected chi connectivity index (χ3v) is 3.85. The van der Waals surface area contributed by atoms with E-state index in [1.54, 1.807) is 25.3 Å². The lowest BCUT2D eigenvalue weighted by molar-refractivity contribution is 0.0698. The van der Waals surface area contributed by atoms with E-state index in [4.69, 9.17) is 4.74 Å². The molecule has 1 fully saturated rings. The smallest absolute Gasteiger partial charge is 0.337 e. The molecule has 0 amide bonds. The lowest BCUT2D eigenvalue weighted by Gasteiger charge is -2.17. The molecule has 1 aliphatic rings. The zero-order valence-electron chi connectivity index (χ0n) is 11.5. The molecule has 4 nitrogen and oxygen atoms in total. The Balaban J connectivity index is 2.11. The molecule has 0 spiro atoms. The Labute approximate surface area is 113 Å². The summed E-state index contributed by atoms with van der Waals surface area (Å²) in [5.41, 5.74) is 1.33. The third-order valence-electron chi connectivity index (χ3n) is 3.85. The molecule has 1 aromatic carbocycles.